The van der Waals surface area contributed by atoms with Gasteiger partial charge in [-0.1, -0.05) is 30.7 Å². The quantitative estimate of drug-likeness (QED) is 0.531. The highest BCUT2D eigenvalue weighted by Gasteiger charge is 2.40. The molecule has 2 aromatic carbocycles. The first-order valence-corrected chi connectivity index (χ1v) is 13.1. The minimum Gasteiger partial charge on any atom is -0.301 e. The molecule has 1 N–H and O–H groups in total. The zero-order chi connectivity index (χ0) is 24.7. The number of nitrogens with zero attached hydrogens (tertiary/aromatic N) is 2. The number of hydrazine groups is 1. The second-order valence-corrected chi connectivity index (χ2v) is 11.0. The normalized spacial score (nSPS) is 21.4. The lowest BCUT2D eigenvalue weighted by molar-refractivity contribution is 0.376. The summed E-state index contributed by atoms with van der Waals surface area (Å²) in [6.07, 6.45) is 7.29. The number of sulfonamides is 1. The molecule has 5 rings (SSSR count). The molecule has 0 fully saturated rings. The van der Waals surface area contributed by atoms with Crippen molar-refractivity contribution in [2.75, 3.05) is 18.1 Å². The summed E-state index contributed by atoms with van der Waals surface area (Å²) in [5.74, 6) is -0.947. The minimum absolute atomic E-state index is 0.0140. The standard InChI is InChI=1S/C27H27F2N3O2S/c1-3-14-31(35(33,34)26-7-5-4-6-24(26)29)17-20-9-8-19-15-25-23(18(2)27(19)20)16-30-32(25)22-12-10-21(28)11-13-22/h3-7,10-13,15-16,18,20,30H,1,8-9,14,17H2,2H3/t18-,20+/m0/s1. The van der Waals surface area contributed by atoms with Gasteiger partial charge in [-0.3, -0.25) is 5.01 Å². The van der Waals surface area contributed by atoms with Gasteiger partial charge in [0.05, 0.1) is 11.4 Å². The molecule has 0 saturated heterocycles. The zero-order valence-electron chi connectivity index (χ0n) is 19.4. The first-order valence-electron chi connectivity index (χ1n) is 11.6. The van der Waals surface area contributed by atoms with Crippen LogP contribution in [0.1, 0.15) is 19.8 Å². The summed E-state index contributed by atoms with van der Waals surface area (Å²) < 4.78 is 55.8. The third-order valence-electron chi connectivity index (χ3n) is 7.00. The Hall–Kier alpha value is -3.23. The fraction of sp³-hybridized carbons (Fsp3) is 0.259. The van der Waals surface area contributed by atoms with E-state index in [-0.39, 0.29) is 35.6 Å². The van der Waals surface area contributed by atoms with Crippen LogP contribution in [0.25, 0.3) is 0 Å². The van der Waals surface area contributed by atoms with E-state index >= 15 is 0 Å². The second-order valence-electron chi connectivity index (χ2n) is 9.05. The number of allylic oxidation sites excluding steroid dienone is 3. The van der Waals surface area contributed by atoms with Crippen LogP contribution in [0, 0.1) is 23.5 Å². The maximum Gasteiger partial charge on any atom is 0.246 e. The molecule has 0 aromatic heterocycles. The molecule has 0 unspecified atom stereocenters. The van der Waals surface area contributed by atoms with E-state index in [1.807, 2.05) is 11.2 Å². The first kappa shape index (κ1) is 23.5. The largest absolute Gasteiger partial charge is 0.301 e. The van der Waals surface area contributed by atoms with Crippen LogP contribution in [0.3, 0.4) is 0 Å². The Morgan fingerprint density at radius 3 is 2.63 bits per heavy atom. The first-order chi connectivity index (χ1) is 16.8. The molecule has 5 nitrogen and oxygen atoms in total. The molecule has 0 amide bonds. The van der Waals surface area contributed by atoms with E-state index in [9.17, 15) is 17.2 Å². The summed E-state index contributed by atoms with van der Waals surface area (Å²) in [4.78, 5) is -0.314. The van der Waals surface area contributed by atoms with Gasteiger partial charge >= 0.3 is 0 Å². The Labute approximate surface area is 204 Å². The van der Waals surface area contributed by atoms with Crippen LogP contribution in [0.2, 0.25) is 0 Å². The maximum absolute atomic E-state index is 14.4. The monoisotopic (exact) mass is 495 g/mol. The summed E-state index contributed by atoms with van der Waals surface area (Å²) in [6.45, 7) is 6.22. The van der Waals surface area contributed by atoms with E-state index in [2.05, 4.69) is 25.0 Å². The van der Waals surface area contributed by atoms with Crippen molar-refractivity contribution in [3.05, 3.63) is 108 Å². The van der Waals surface area contributed by atoms with Gasteiger partial charge in [-0.05, 0) is 66.8 Å². The van der Waals surface area contributed by atoms with Crippen LogP contribution in [-0.4, -0.2) is 25.8 Å². The molecule has 0 bridgehead atoms. The number of nitrogens with one attached hydrogen (secondary N) is 1. The molecule has 1 aliphatic heterocycles. The van der Waals surface area contributed by atoms with Gasteiger partial charge in [0.15, 0.2) is 0 Å². The van der Waals surface area contributed by atoms with Crippen molar-refractivity contribution in [1.29, 1.82) is 0 Å². The smallest absolute Gasteiger partial charge is 0.246 e. The van der Waals surface area contributed by atoms with Gasteiger partial charge < -0.3 is 5.43 Å². The summed E-state index contributed by atoms with van der Waals surface area (Å²) in [5.41, 5.74) is 8.66. The zero-order valence-corrected chi connectivity index (χ0v) is 20.2. The minimum atomic E-state index is -4.02. The van der Waals surface area contributed by atoms with Crippen LogP contribution in [0.4, 0.5) is 14.5 Å². The molecule has 35 heavy (non-hydrogen) atoms. The summed E-state index contributed by atoms with van der Waals surface area (Å²) in [5, 5.41) is 1.94. The van der Waals surface area contributed by atoms with Crippen LogP contribution < -0.4 is 10.4 Å². The topological polar surface area (TPSA) is 52.6 Å². The van der Waals surface area contributed by atoms with E-state index in [0.717, 1.165) is 35.9 Å². The molecule has 2 aromatic rings. The van der Waals surface area contributed by atoms with Crippen LogP contribution in [0.5, 0.6) is 0 Å². The van der Waals surface area contributed by atoms with Crippen molar-refractivity contribution in [2.24, 2.45) is 11.8 Å². The van der Waals surface area contributed by atoms with Gasteiger partial charge in [-0.2, -0.15) is 4.31 Å². The Kier molecular flexibility index (Phi) is 6.11. The number of hydrogen-bond acceptors (Lipinski definition) is 4. The average Bonchev–Trinajstić information content (AvgIpc) is 3.44. The number of halogens is 2. The van der Waals surface area contributed by atoms with Crippen LogP contribution in [-0.2, 0) is 10.0 Å². The van der Waals surface area contributed by atoms with Gasteiger partial charge in [0.2, 0.25) is 10.0 Å². The highest BCUT2D eigenvalue weighted by Crippen LogP contribution is 2.48. The van der Waals surface area contributed by atoms with Crippen molar-refractivity contribution in [2.45, 2.75) is 24.7 Å². The molecule has 1 heterocycles. The third-order valence-corrected chi connectivity index (χ3v) is 8.86. The van der Waals surface area contributed by atoms with E-state index in [0.29, 0.717) is 0 Å². The van der Waals surface area contributed by atoms with Crippen molar-refractivity contribution in [1.82, 2.24) is 9.73 Å². The Morgan fingerprint density at radius 2 is 1.91 bits per heavy atom. The summed E-state index contributed by atoms with van der Waals surface area (Å²) >= 11 is 0. The molecule has 8 heteroatoms. The molecule has 0 spiro atoms. The van der Waals surface area contributed by atoms with E-state index in [1.54, 1.807) is 12.1 Å². The molecule has 3 aliphatic rings. The SMILES string of the molecule is C=CCN(C[C@H]1CCC2=C1[C@@H](C)C1=CNN(c3ccc(F)cc3)C1=C2)S(=O)(=O)c1ccccc1F. The Balaban J connectivity index is 1.45. The second kappa shape index (κ2) is 9.09. The number of fused-ring (bicyclic) bond motifs is 1. The number of hydrogen-bond donors (Lipinski definition) is 1. The summed E-state index contributed by atoms with van der Waals surface area (Å²) in [6, 6.07) is 11.8. The van der Waals surface area contributed by atoms with E-state index in [1.165, 1.54) is 51.9 Å². The van der Waals surface area contributed by atoms with Crippen molar-refractivity contribution >= 4 is 15.7 Å². The van der Waals surface area contributed by atoms with Gasteiger partial charge in [0.25, 0.3) is 0 Å². The van der Waals surface area contributed by atoms with Crippen LogP contribution >= 0.6 is 0 Å². The maximum atomic E-state index is 14.4. The van der Waals surface area contributed by atoms with Crippen molar-refractivity contribution < 1.29 is 17.2 Å². The third kappa shape index (κ3) is 4.10. The average molecular weight is 496 g/mol. The molecular formula is C27H27F2N3O2S. The molecule has 182 valence electrons. The van der Waals surface area contributed by atoms with Gasteiger partial charge in [0, 0.05) is 30.8 Å². The van der Waals surface area contributed by atoms with Gasteiger partial charge in [-0.25, -0.2) is 17.2 Å². The fourth-order valence-corrected chi connectivity index (χ4v) is 6.88. The lowest BCUT2D eigenvalue weighted by atomic mass is 9.80. The molecule has 2 aliphatic carbocycles. The Bertz CT molecular complexity index is 1360. The van der Waals surface area contributed by atoms with Gasteiger partial charge in [0.1, 0.15) is 16.5 Å². The highest BCUT2D eigenvalue weighted by molar-refractivity contribution is 7.89. The van der Waals surface area contributed by atoms with Gasteiger partial charge in [-0.15, -0.1) is 6.58 Å². The Morgan fingerprint density at radius 1 is 1.17 bits per heavy atom. The van der Waals surface area contributed by atoms with Crippen molar-refractivity contribution in [3.63, 3.8) is 0 Å². The number of rotatable bonds is 7. The molecule has 2 atom stereocenters. The molecular weight excluding hydrogens is 468 g/mol. The fourth-order valence-electron chi connectivity index (χ4n) is 5.36. The van der Waals surface area contributed by atoms with E-state index in [4.69, 9.17) is 0 Å². The molecule has 0 saturated carbocycles. The van der Waals surface area contributed by atoms with E-state index < -0.39 is 15.8 Å². The predicted octanol–water partition coefficient (Wildman–Crippen LogP) is 5.29. The van der Waals surface area contributed by atoms with Crippen molar-refractivity contribution in [3.8, 4) is 0 Å². The van der Waals surface area contributed by atoms with Crippen LogP contribution in [0.15, 0.2) is 101 Å². The summed E-state index contributed by atoms with van der Waals surface area (Å²) in [7, 11) is -4.02. The highest BCUT2D eigenvalue weighted by atomic mass is 32.2. The number of anilines is 1. The lowest BCUT2D eigenvalue weighted by Gasteiger charge is -2.31. The number of benzene rings is 2. The predicted molar refractivity (Wildman–Crippen MR) is 132 cm³/mol. The lowest BCUT2D eigenvalue weighted by Crippen LogP contribution is -2.37. The molecule has 0 radical (unpaired) electrons.